The van der Waals surface area contributed by atoms with Gasteiger partial charge in [-0.25, -0.2) is 0 Å². The smallest absolute Gasteiger partial charge is 0.174 e. The molecule has 0 aliphatic carbocycles. The van der Waals surface area contributed by atoms with Gasteiger partial charge in [-0.1, -0.05) is 44.4 Å². The predicted octanol–water partition coefficient (Wildman–Crippen LogP) is 6.53. The molecule has 1 aromatic carbocycles. The molecule has 0 atom stereocenters. The van der Waals surface area contributed by atoms with E-state index in [0.717, 1.165) is 33.6 Å². The van der Waals surface area contributed by atoms with Gasteiger partial charge in [0.1, 0.15) is 0 Å². The number of hydrogen-bond donors (Lipinski definition) is 0. The van der Waals surface area contributed by atoms with Crippen molar-refractivity contribution in [3.8, 4) is 0 Å². The van der Waals surface area contributed by atoms with Gasteiger partial charge in [-0.3, -0.25) is 4.79 Å². The predicted molar refractivity (Wildman–Crippen MR) is 112 cm³/mol. The van der Waals surface area contributed by atoms with Crippen LogP contribution in [-0.4, -0.2) is 30.3 Å². The maximum atomic E-state index is 12.6. The summed E-state index contributed by atoms with van der Waals surface area (Å²) in [5.74, 6) is 1.22. The Morgan fingerprint density at radius 1 is 1.24 bits per heavy atom. The number of benzene rings is 1. The first kappa shape index (κ1) is 19.1. The van der Waals surface area contributed by atoms with Gasteiger partial charge >= 0.3 is 0 Å². The molecule has 1 aliphatic rings. The van der Waals surface area contributed by atoms with Crippen molar-refractivity contribution in [1.82, 2.24) is 4.90 Å². The first-order valence-corrected chi connectivity index (χ1v) is 11.2. The molecule has 2 aromatic rings. The van der Waals surface area contributed by atoms with Gasteiger partial charge in [0.05, 0.1) is 4.88 Å². The van der Waals surface area contributed by atoms with Gasteiger partial charge in [0.25, 0.3) is 0 Å². The number of Topliss-reactive ketones (excluding diaryl/α,β-unsaturated/α-hetero) is 1. The summed E-state index contributed by atoms with van der Waals surface area (Å²) in [7, 11) is 0. The molecule has 0 saturated carbocycles. The number of halogens is 1. The monoisotopic (exact) mass is 421 g/mol. The standard InChI is InChI=1S/C21H28BrNOS/c1-2-3-7-16-11-14-23(15-12-16)13-6-9-18(24)21-20(22)17-8-4-5-10-19(17)25-21/h4-5,8,10,16H,2-3,6-7,9,11-15H2,1H3. The van der Waals surface area contributed by atoms with E-state index in [1.165, 1.54) is 49.9 Å². The first-order chi connectivity index (χ1) is 12.2. The van der Waals surface area contributed by atoms with E-state index in [1.54, 1.807) is 11.3 Å². The number of piperidine rings is 1. The Morgan fingerprint density at radius 2 is 2.00 bits per heavy atom. The van der Waals surface area contributed by atoms with E-state index in [-0.39, 0.29) is 5.78 Å². The number of carbonyl (C=O) groups excluding carboxylic acids is 1. The quantitative estimate of drug-likeness (QED) is 0.451. The zero-order valence-electron chi connectivity index (χ0n) is 15.1. The van der Waals surface area contributed by atoms with Crippen LogP contribution in [-0.2, 0) is 0 Å². The summed E-state index contributed by atoms with van der Waals surface area (Å²) in [6.45, 7) is 5.78. The van der Waals surface area contributed by atoms with Crippen molar-refractivity contribution in [2.75, 3.05) is 19.6 Å². The number of unbranched alkanes of at least 4 members (excludes halogenated alkanes) is 1. The number of hydrogen-bond acceptors (Lipinski definition) is 3. The fraction of sp³-hybridized carbons (Fsp3) is 0.571. The molecule has 3 rings (SSSR count). The molecule has 4 heteroatoms. The van der Waals surface area contributed by atoms with E-state index in [4.69, 9.17) is 0 Å². The number of fused-ring (bicyclic) bond motifs is 1. The summed E-state index contributed by atoms with van der Waals surface area (Å²) < 4.78 is 2.17. The molecule has 0 spiro atoms. The van der Waals surface area contributed by atoms with Crippen molar-refractivity contribution in [1.29, 1.82) is 0 Å². The van der Waals surface area contributed by atoms with Gasteiger partial charge in [-0.2, -0.15) is 0 Å². The van der Waals surface area contributed by atoms with Gasteiger partial charge < -0.3 is 4.90 Å². The van der Waals surface area contributed by atoms with Crippen LogP contribution < -0.4 is 0 Å². The number of nitrogens with zero attached hydrogens (tertiary/aromatic N) is 1. The molecule has 1 aliphatic heterocycles. The third-order valence-electron chi connectivity index (χ3n) is 5.34. The van der Waals surface area contributed by atoms with Crippen LogP contribution in [0.3, 0.4) is 0 Å². The molecule has 0 N–H and O–H groups in total. The molecule has 1 fully saturated rings. The Morgan fingerprint density at radius 3 is 2.72 bits per heavy atom. The molecule has 25 heavy (non-hydrogen) atoms. The Hall–Kier alpha value is -0.710. The van der Waals surface area contributed by atoms with Gasteiger partial charge in [-0.05, 0) is 66.8 Å². The molecule has 2 nitrogen and oxygen atoms in total. The highest BCUT2D eigenvalue weighted by Gasteiger charge is 2.20. The number of carbonyl (C=O) groups is 1. The summed E-state index contributed by atoms with van der Waals surface area (Å²) in [6.07, 6.45) is 8.41. The van der Waals surface area contributed by atoms with E-state index in [2.05, 4.69) is 39.9 Å². The second-order valence-electron chi connectivity index (χ2n) is 7.20. The summed E-state index contributed by atoms with van der Waals surface area (Å²) in [5, 5.41) is 1.16. The Balaban J connectivity index is 1.44. The van der Waals surface area contributed by atoms with Crippen molar-refractivity contribution in [2.24, 2.45) is 5.92 Å². The largest absolute Gasteiger partial charge is 0.303 e. The minimum absolute atomic E-state index is 0.283. The molecule has 1 saturated heterocycles. The lowest BCUT2D eigenvalue weighted by atomic mass is 9.91. The highest BCUT2D eigenvalue weighted by atomic mass is 79.9. The fourth-order valence-electron chi connectivity index (χ4n) is 3.76. The summed E-state index contributed by atoms with van der Waals surface area (Å²) >= 11 is 5.24. The van der Waals surface area contributed by atoms with Gasteiger partial charge in [0.15, 0.2) is 5.78 Å². The van der Waals surface area contributed by atoms with E-state index >= 15 is 0 Å². The normalized spacial score (nSPS) is 16.6. The Kier molecular flexibility index (Phi) is 7.08. The van der Waals surface area contributed by atoms with Crippen LogP contribution in [0.2, 0.25) is 0 Å². The number of ketones is 1. The van der Waals surface area contributed by atoms with Crippen molar-refractivity contribution in [2.45, 2.75) is 51.9 Å². The Labute approximate surface area is 163 Å². The molecular formula is C21H28BrNOS. The van der Waals surface area contributed by atoms with Crippen LogP contribution in [0.1, 0.15) is 61.5 Å². The average molecular weight is 422 g/mol. The first-order valence-electron chi connectivity index (χ1n) is 9.61. The topological polar surface area (TPSA) is 20.3 Å². The highest BCUT2D eigenvalue weighted by Crippen LogP contribution is 2.36. The SMILES string of the molecule is CCCCC1CCN(CCCC(=O)c2sc3ccccc3c2Br)CC1. The number of likely N-dealkylation sites (tertiary alicyclic amines) is 1. The fourth-order valence-corrected chi connectivity index (χ4v) is 5.76. The van der Waals surface area contributed by atoms with Crippen molar-refractivity contribution in [3.63, 3.8) is 0 Å². The molecule has 0 bridgehead atoms. The molecule has 0 unspecified atom stereocenters. The van der Waals surface area contributed by atoms with Crippen molar-refractivity contribution >= 4 is 43.1 Å². The molecule has 136 valence electrons. The minimum atomic E-state index is 0.283. The van der Waals surface area contributed by atoms with Crippen molar-refractivity contribution < 1.29 is 4.79 Å². The lowest BCUT2D eigenvalue weighted by Gasteiger charge is -2.31. The second kappa shape index (κ2) is 9.29. The zero-order valence-corrected chi connectivity index (χ0v) is 17.5. The van der Waals surface area contributed by atoms with Crippen LogP contribution in [0.15, 0.2) is 28.7 Å². The third kappa shape index (κ3) is 4.93. The van der Waals surface area contributed by atoms with Crippen LogP contribution in [0, 0.1) is 5.92 Å². The summed E-state index contributed by atoms with van der Waals surface area (Å²) in [6, 6.07) is 8.22. The minimum Gasteiger partial charge on any atom is -0.303 e. The van der Waals surface area contributed by atoms with Gasteiger partial charge in [0.2, 0.25) is 0 Å². The van der Waals surface area contributed by atoms with Crippen LogP contribution >= 0.6 is 27.3 Å². The number of rotatable bonds is 8. The van der Waals surface area contributed by atoms with Crippen LogP contribution in [0.4, 0.5) is 0 Å². The maximum absolute atomic E-state index is 12.6. The van der Waals surface area contributed by atoms with Gasteiger partial charge in [-0.15, -0.1) is 11.3 Å². The van der Waals surface area contributed by atoms with Crippen molar-refractivity contribution in [3.05, 3.63) is 33.6 Å². The Bertz CT molecular complexity index is 703. The second-order valence-corrected chi connectivity index (χ2v) is 9.04. The zero-order chi connectivity index (χ0) is 17.6. The van der Waals surface area contributed by atoms with E-state index in [0.29, 0.717) is 6.42 Å². The molecule has 0 amide bonds. The van der Waals surface area contributed by atoms with Gasteiger partial charge in [0, 0.05) is 21.0 Å². The van der Waals surface area contributed by atoms with Crippen LogP contribution in [0.25, 0.3) is 10.1 Å². The third-order valence-corrected chi connectivity index (χ3v) is 7.64. The number of thiophene rings is 1. The summed E-state index contributed by atoms with van der Waals surface area (Å²) in [5.41, 5.74) is 0. The highest BCUT2D eigenvalue weighted by molar-refractivity contribution is 9.10. The van der Waals surface area contributed by atoms with E-state index in [1.807, 2.05) is 12.1 Å². The lowest BCUT2D eigenvalue weighted by molar-refractivity contribution is 0.0973. The average Bonchev–Trinajstić information content (AvgIpc) is 2.98. The maximum Gasteiger partial charge on any atom is 0.174 e. The van der Waals surface area contributed by atoms with E-state index < -0.39 is 0 Å². The lowest BCUT2D eigenvalue weighted by Crippen LogP contribution is -2.34. The molecule has 0 radical (unpaired) electrons. The van der Waals surface area contributed by atoms with E-state index in [9.17, 15) is 4.79 Å². The molecule has 1 aromatic heterocycles. The molecule has 2 heterocycles. The molecular weight excluding hydrogens is 394 g/mol. The van der Waals surface area contributed by atoms with Crippen LogP contribution in [0.5, 0.6) is 0 Å². The summed E-state index contributed by atoms with van der Waals surface area (Å²) in [4.78, 5) is 16.0.